The zero-order valence-corrected chi connectivity index (χ0v) is 48.9. The quantitative estimate of drug-likeness (QED) is 0.135. The van der Waals surface area contributed by atoms with Crippen LogP contribution >= 0.6 is 0 Å². The zero-order valence-electron chi connectivity index (χ0n) is 46.9. The van der Waals surface area contributed by atoms with E-state index in [1.54, 1.807) is 0 Å². The second kappa shape index (κ2) is 17.6. The van der Waals surface area contributed by atoms with E-state index >= 15 is 0 Å². The van der Waals surface area contributed by atoms with Crippen LogP contribution in [0.15, 0.2) is 146 Å². The number of rotatable bonds is 9. The van der Waals surface area contributed by atoms with Crippen LogP contribution in [-0.4, -0.2) is 32.4 Å². The van der Waals surface area contributed by atoms with Crippen molar-refractivity contribution in [2.24, 2.45) is 10.8 Å². The van der Waals surface area contributed by atoms with Crippen LogP contribution in [0, 0.1) is 10.8 Å². The number of ether oxygens (including phenoxy) is 1. The third-order valence-electron chi connectivity index (χ3n) is 16.8. The third-order valence-corrected chi connectivity index (χ3v) is 20.9. The highest BCUT2D eigenvalue weighted by molar-refractivity contribution is 6.93. The van der Waals surface area contributed by atoms with Crippen molar-refractivity contribution in [2.45, 2.75) is 144 Å². The maximum atomic E-state index is 7.20. The van der Waals surface area contributed by atoms with E-state index in [-0.39, 0.29) is 27.1 Å². The molecule has 0 atom stereocenters. The van der Waals surface area contributed by atoms with E-state index in [4.69, 9.17) is 9.72 Å². The summed E-state index contributed by atoms with van der Waals surface area (Å²) in [6, 6.07) is 52.8. The van der Waals surface area contributed by atoms with Gasteiger partial charge in [-0.2, -0.15) is 0 Å². The van der Waals surface area contributed by atoms with Gasteiger partial charge in [0.15, 0.2) is 0 Å². The molecule has 2 aliphatic rings. The van der Waals surface area contributed by atoms with E-state index < -0.39 is 16.1 Å². The van der Waals surface area contributed by atoms with Gasteiger partial charge in [-0.25, -0.2) is 4.98 Å². The maximum Gasteiger partial charge on any atom is 0.137 e. The van der Waals surface area contributed by atoms with Crippen molar-refractivity contribution < 1.29 is 4.74 Å². The Hall–Kier alpha value is -5.90. The molecule has 0 spiro atoms. The maximum absolute atomic E-state index is 7.20. The lowest BCUT2D eigenvalue weighted by atomic mass is 9.43. The van der Waals surface area contributed by atoms with E-state index in [2.05, 4.69) is 269 Å². The molecule has 0 N–H and O–H groups in total. The standard InChI is InChI=1S/C66H80N4OSi2/c1-62(2,3)46-30-33-54-53(40-46)52-32-31-50(43-57(52)70(54)60-41-47(34-37-67-60)66(45-24-18-17-19-25-45)64(7,8)35-23-36-65(66,9)10)71-51-39-48(63(4,5)6)38-49(42-51)68-44-69(56-27-21-20-26-55(56)68)61-58(72(11,12)13)28-22-29-59(61)73(14,15)16/h17-22,24-34,37-43H,23,35-36,44H2,1-16H3. The second-order valence-electron chi connectivity index (χ2n) is 26.9. The Morgan fingerprint density at radius 1 is 0.521 bits per heavy atom. The van der Waals surface area contributed by atoms with Crippen LogP contribution in [0.2, 0.25) is 39.3 Å². The summed E-state index contributed by atoms with van der Waals surface area (Å²) < 4.78 is 9.60. The van der Waals surface area contributed by atoms with Gasteiger partial charge in [0.05, 0.1) is 38.6 Å². The number of hydrogen-bond acceptors (Lipinski definition) is 4. The van der Waals surface area contributed by atoms with E-state index in [0.717, 1.165) is 53.5 Å². The third kappa shape index (κ3) is 8.66. The predicted molar refractivity (Wildman–Crippen MR) is 319 cm³/mol. The van der Waals surface area contributed by atoms with Crippen molar-refractivity contribution in [2.75, 3.05) is 16.5 Å². The highest BCUT2D eigenvalue weighted by atomic mass is 28.3. The second-order valence-corrected chi connectivity index (χ2v) is 37.0. The Morgan fingerprint density at radius 2 is 1.14 bits per heavy atom. The average Bonchev–Trinajstić information content (AvgIpc) is 3.86. The van der Waals surface area contributed by atoms with Crippen molar-refractivity contribution in [1.29, 1.82) is 0 Å². The molecule has 0 unspecified atom stereocenters. The Bertz CT molecular complexity index is 3340. The van der Waals surface area contributed by atoms with E-state index in [9.17, 15) is 0 Å². The monoisotopic (exact) mass is 1000 g/mol. The fraction of sp³-hybridized carbons (Fsp3) is 0.379. The van der Waals surface area contributed by atoms with Gasteiger partial charge in [-0.3, -0.25) is 4.57 Å². The molecule has 8 aromatic rings. The molecule has 1 aliphatic carbocycles. The summed E-state index contributed by atoms with van der Waals surface area (Å²) in [5.41, 5.74) is 12.1. The molecule has 0 saturated heterocycles. The number of benzene rings is 6. The molecule has 0 bridgehead atoms. The molecule has 73 heavy (non-hydrogen) atoms. The van der Waals surface area contributed by atoms with Crippen LogP contribution in [0.25, 0.3) is 27.6 Å². The van der Waals surface area contributed by atoms with Crippen molar-refractivity contribution in [3.8, 4) is 17.3 Å². The molecule has 1 saturated carbocycles. The first-order chi connectivity index (χ1) is 34.2. The van der Waals surface area contributed by atoms with Gasteiger partial charge in [0, 0.05) is 45.9 Å². The van der Waals surface area contributed by atoms with Gasteiger partial charge in [-0.1, -0.05) is 182 Å². The molecular weight excluding hydrogens is 921 g/mol. The van der Waals surface area contributed by atoms with Crippen LogP contribution in [0.3, 0.4) is 0 Å². The number of nitrogens with zero attached hydrogens (tertiary/aromatic N) is 4. The lowest BCUT2D eigenvalue weighted by Gasteiger charge is -2.60. The van der Waals surface area contributed by atoms with Crippen molar-refractivity contribution in [3.05, 3.63) is 168 Å². The fourth-order valence-corrected chi connectivity index (χ4v) is 16.5. The molecule has 378 valence electrons. The summed E-state index contributed by atoms with van der Waals surface area (Å²) in [4.78, 5) is 10.4. The number of fused-ring (bicyclic) bond motifs is 4. The first-order valence-electron chi connectivity index (χ1n) is 26.9. The zero-order chi connectivity index (χ0) is 52.3. The highest BCUT2D eigenvalue weighted by Gasteiger charge is 2.58. The van der Waals surface area contributed by atoms with Gasteiger partial charge < -0.3 is 14.5 Å². The largest absolute Gasteiger partial charge is 0.457 e. The number of aromatic nitrogens is 2. The molecule has 7 heteroatoms. The van der Waals surface area contributed by atoms with Gasteiger partial charge >= 0.3 is 0 Å². The van der Waals surface area contributed by atoms with Crippen molar-refractivity contribution >= 4 is 71.1 Å². The minimum atomic E-state index is -1.74. The predicted octanol–water partition coefficient (Wildman–Crippen LogP) is 17.4. The van der Waals surface area contributed by atoms with Crippen LogP contribution in [0.1, 0.15) is 111 Å². The molecule has 2 aromatic heterocycles. The van der Waals surface area contributed by atoms with Gasteiger partial charge in [-0.15, -0.1) is 0 Å². The Balaban J connectivity index is 1.12. The number of anilines is 4. The van der Waals surface area contributed by atoms with Crippen molar-refractivity contribution in [3.63, 3.8) is 0 Å². The molecule has 0 radical (unpaired) electrons. The topological polar surface area (TPSA) is 33.5 Å². The summed E-state index contributed by atoms with van der Waals surface area (Å²) in [6.45, 7) is 39.5. The molecule has 6 aromatic carbocycles. The summed E-state index contributed by atoms with van der Waals surface area (Å²) >= 11 is 0. The minimum absolute atomic E-state index is 0.0105. The number of hydrogen-bond donors (Lipinski definition) is 0. The first-order valence-corrected chi connectivity index (χ1v) is 33.9. The fourth-order valence-electron chi connectivity index (χ4n) is 13.3. The van der Waals surface area contributed by atoms with E-state index in [1.807, 2.05) is 0 Å². The molecular formula is C66H80N4OSi2. The minimum Gasteiger partial charge on any atom is -0.457 e. The smallest absolute Gasteiger partial charge is 0.137 e. The van der Waals surface area contributed by atoms with Crippen molar-refractivity contribution in [1.82, 2.24) is 9.55 Å². The van der Waals surface area contributed by atoms with E-state index in [1.165, 1.54) is 66.9 Å². The number of para-hydroxylation sites is 3. The molecule has 1 fully saturated rings. The summed E-state index contributed by atoms with van der Waals surface area (Å²) in [5.74, 6) is 2.55. The molecule has 1 aliphatic heterocycles. The molecule has 3 heterocycles. The van der Waals surface area contributed by atoms with Crippen LogP contribution < -0.4 is 24.9 Å². The lowest BCUT2D eigenvalue weighted by molar-refractivity contribution is 0.00547. The summed E-state index contributed by atoms with van der Waals surface area (Å²) in [7, 11) is -3.47. The Labute approximate surface area is 439 Å². The average molecular weight is 1000 g/mol. The SMILES string of the molecule is CC(C)(C)c1cc(Oc2ccc3c4cc(C(C)(C)C)ccc4n(-c4cc(C5(c6ccccc6)C(C)(C)CCCC5(C)C)ccn4)c3c2)cc(N2CN(c3c([Si](C)(C)C)cccc3[Si](C)(C)C)c3ccccc32)c1. The summed E-state index contributed by atoms with van der Waals surface area (Å²) in [6.07, 6.45) is 5.59. The summed E-state index contributed by atoms with van der Waals surface area (Å²) in [5, 5.41) is 5.46. The Morgan fingerprint density at radius 3 is 1.75 bits per heavy atom. The van der Waals surface area contributed by atoms with Gasteiger partial charge in [0.25, 0.3) is 0 Å². The molecule has 10 rings (SSSR count). The molecule has 0 amide bonds. The van der Waals surface area contributed by atoms with Crippen LogP contribution in [0.5, 0.6) is 11.5 Å². The Kier molecular flexibility index (Phi) is 12.2. The van der Waals surface area contributed by atoms with Gasteiger partial charge in [-0.05, 0) is 128 Å². The van der Waals surface area contributed by atoms with Gasteiger partial charge in [0.2, 0.25) is 0 Å². The number of pyridine rings is 1. The highest BCUT2D eigenvalue weighted by Crippen LogP contribution is 2.64. The van der Waals surface area contributed by atoms with Gasteiger partial charge in [0.1, 0.15) is 24.0 Å². The van der Waals surface area contributed by atoms with Crippen LogP contribution in [0.4, 0.5) is 22.7 Å². The lowest BCUT2D eigenvalue weighted by Crippen LogP contribution is -2.56. The van der Waals surface area contributed by atoms with E-state index in [0.29, 0.717) is 0 Å². The first kappa shape index (κ1) is 50.6. The normalized spacial score (nSPS) is 16.8. The molecule has 5 nitrogen and oxygen atoms in total. The van der Waals surface area contributed by atoms with Crippen LogP contribution in [-0.2, 0) is 16.2 Å².